The number of hydrogen-bond donors (Lipinski definition) is 2. The number of nitrogens with one attached hydrogen (secondary N) is 1. The van der Waals surface area contributed by atoms with Crippen molar-refractivity contribution in [3.8, 4) is 11.1 Å². The first-order chi connectivity index (χ1) is 14.6. The number of carbonyl (C=O) groups excluding carboxylic acids is 1. The van der Waals surface area contributed by atoms with Gasteiger partial charge in [0.25, 0.3) is 0 Å². The van der Waals surface area contributed by atoms with E-state index >= 15 is 0 Å². The van der Waals surface area contributed by atoms with Crippen LogP contribution in [0.4, 0.5) is 4.79 Å². The van der Waals surface area contributed by atoms with Crippen LogP contribution >= 0.6 is 0 Å². The molecule has 1 amide bonds. The second-order valence-corrected chi connectivity index (χ2v) is 7.19. The van der Waals surface area contributed by atoms with Crippen LogP contribution in [0.2, 0.25) is 0 Å². The molecule has 0 radical (unpaired) electrons. The number of carboxylic acid groups (broad SMARTS) is 1. The number of aryl methyl sites for hydroxylation is 1. The van der Waals surface area contributed by atoms with Gasteiger partial charge in [0.05, 0.1) is 0 Å². The topological polar surface area (TPSA) is 93.5 Å². The lowest BCUT2D eigenvalue weighted by Gasteiger charge is -2.17. The van der Waals surface area contributed by atoms with Gasteiger partial charge in [-0.15, -0.1) is 0 Å². The molecule has 7 nitrogen and oxygen atoms in total. The predicted octanol–water partition coefficient (Wildman–Crippen LogP) is 3.44. The Kier molecular flexibility index (Phi) is 5.52. The van der Waals surface area contributed by atoms with Crippen LogP contribution in [0.25, 0.3) is 11.1 Å². The fourth-order valence-electron chi connectivity index (χ4n) is 3.98. The summed E-state index contributed by atoms with van der Waals surface area (Å²) in [6.45, 7) is 2.75. The molecule has 1 aliphatic rings. The van der Waals surface area contributed by atoms with Crippen molar-refractivity contribution in [3.63, 3.8) is 0 Å². The number of fused-ring (bicyclic) bond motifs is 3. The minimum absolute atomic E-state index is 0.0783. The quantitative estimate of drug-likeness (QED) is 0.628. The van der Waals surface area contributed by atoms with Gasteiger partial charge >= 0.3 is 12.1 Å². The second-order valence-electron chi connectivity index (χ2n) is 7.19. The molecule has 0 saturated carbocycles. The lowest BCUT2D eigenvalue weighted by Crippen LogP contribution is -2.43. The highest BCUT2D eigenvalue weighted by Crippen LogP contribution is 2.44. The number of carboxylic acids is 1. The van der Waals surface area contributed by atoms with Gasteiger partial charge in [0, 0.05) is 31.3 Å². The smallest absolute Gasteiger partial charge is 0.407 e. The summed E-state index contributed by atoms with van der Waals surface area (Å²) in [7, 11) is 0. The third-order valence-corrected chi connectivity index (χ3v) is 5.46. The maximum Gasteiger partial charge on any atom is 0.407 e. The number of imidazole rings is 1. The Morgan fingerprint density at radius 1 is 1.13 bits per heavy atom. The van der Waals surface area contributed by atoms with Gasteiger partial charge in [0.2, 0.25) is 0 Å². The molecule has 7 heteroatoms. The molecule has 0 bridgehead atoms. The maximum atomic E-state index is 12.4. The van der Waals surface area contributed by atoms with Crippen molar-refractivity contribution in [1.29, 1.82) is 0 Å². The van der Waals surface area contributed by atoms with E-state index < -0.39 is 18.1 Å². The van der Waals surface area contributed by atoms with Crippen LogP contribution in [0.5, 0.6) is 0 Å². The number of carbonyl (C=O) groups is 2. The van der Waals surface area contributed by atoms with E-state index in [0.717, 1.165) is 22.3 Å². The zero-order valence-corrected chi connectivity index (χ0v) is 16.6. The largest absolute Gasteiger partial charge is 0.480 e. The number of nitrogens with zero attached hydrogens (tertiary/aromatic N) is 2. The van der Waals surface area contributed by atoms with E-state index in [1.807, 2.05) is 47.9 Å². The normalized spacial score (nSPS) is 13.4. The molecule has 30 heavy (non-hydrogen) atoms. The van der Waals surface area contributed by atoms with Gasteiger partial charge in [-0.1, -0.05) is 48.5 Å². The molecule has 2 aromatic carbocycles. The number of rotatable bonds is 7. The van der Waals surface area contributed by atoms with Crippen LogP contribution in [-0.2, 0) is 22.5 Å². The summed E-state index contributed by atoms with van der Waals surface area (Å²) >= 11 is 0. The van der Waals surface area contributed by atoms with Crippen LogP contribution in [-0.4, -0.2) is 39.4 Å². The third kappa shape index (κ3) is 3.78. The highest BCUT2D eigenvalue weighted by Gasteiger charge is 2.30. The highest BCUT2D eigenvalue weighted by atomic mass is 16.5. The minimum atomic E-state index is -1.13. The molecular formula is C23H23N3O4. The van der Waals surface area contributed by atoms with Crippen molar-refractivity contribution in [2.45, 2.75) is 31.8 Å². The Balaban J connectivity index is 1.43. The maximum absolute atomic E-state index is 12.4. The average molecular weight is 405 g/mol. The molecule has 1 aromatic heterocycles. The van der Waals surface area contributed by atoms with E-state index in [1.165, 1.54) is 0 Å². The Morgan fingerprint density at radius 2 is 1.77 bits per heavy atom. The molecule has 1 heterocycles. The number of ether oxygens (including phenoxy) is 1. The zero-order chi connectivity index (χ0) is 21.1. The highest BCUT2D eigenvalue weighted by molar-refractivity contribution is 5.81. The minimum Gasteiger partial charge on any atom is -0.480 e. The number of aliphatic carboxylic acids is 1. The lowest BCUT2D eigenvalue weighted by molar-refractivity contribution is -0.139. The van der Waals surface area contributed by atoms with Gasteiger partial charge in [0.15, 0.2) is 0 Å². The second kappa shape index (κ2) is 8.41. The van der Waals surface area contributed by atoms with Gasteiger partial charge in [-0.05, 0) is 29.2 Å². The van der Waals surface area contributed by atoms with E-state index in [0.29, 0.717) is 12.4 Å². The Labute approximate surface area is 174 Å². The van der Waals surface area contributed by atoms with Crippen LogP contribution in [0, 0.1) is 0 Å². The van der Waals surface area contributed by atoms with Gasteiger partial charge < -0.3 is 19.7 Å². The van der Waals surface area contributed by atoms with Crippen LogP contribution < -0.4 is 5.32 Å². The summed E-state index contributed by atoms with van der Waals surface area (Å²) in [6.07, 6.45) is 2.73. The number of benzene rings is 2. The number of hydrogen-bond acceptors (Lipinski definition) is 4. The first-order valence-corrected chi connectivity index (χ1v) is 9.92. The molecular weight excluding hydrogens is 382 g/mol. The van der Waals surface area contributed by atoms with Gasteiger partial charge in [0.1, 0.15) is 18.5 Å². The fraction of sp³-hybridized carbons (Fsp3) is 0.261. The van der Waals surface area contributed by atoms with Crippen LogP contribution in [0.15, 0.2) is 60.9 Å². The zero-order valence-electron chi connectivity index (χ0n) is 16.6. The van der Waals surface area contributed by atoms with Crippen molar-refractivity contribution in [2.24, 2.45) is 0 Å². The van der Waals surface area contributed by atoms with Crippen molar-refractivity contribution >= 4 is 12.1 Å². The first-order valence-electron chi connectivity index (χ1n) is 9.92. The number of aromatic nitrogens is 2. The van der Waals surface area contributed by atoms with Gasteiger partial charge in [-0.2, -0.15) is 0 Å². The monoisotopic (exact) mass is 405 g/mol. The van der Waals surface area contributed by atoms with Crippen molar-refractivity contribution in [3.05, 3.63) is 77.9 Å². The third-order valence-electron chi connectivity index (χ3n) is 5.46. The SMILES string of the molecule is CCn1ccnc1CC(NC(=O)OCC1c2ccccc2-c2ccccc21)C(=O)O. The number of alkyl carbamates (subject to hydrolysis) is 1. The Bertz CT molecular complexity index is 1030. The van der Waals surface area contributed by atoms with Crippen LogP contribution in [0.3, 0.4) is 0 Å². The fourth-order valence-corrected chi connectivity index (χ4v) is 3.98. The predicted molar refractivity (Wildman–Crippen MR) is 111 cm³/mol. The van der Waals surface area contributed by atoms with Crippen molar-refractivity contribution < 1.29 is 19.4 Å². The molecule has 0 fully saturated rings. The number of amides is 1. The molecule has 0 spiro atoms. The summed E-state index contributed by atoms with van der Waals surface area (Å²) in [5.74, 6) is -0.608. The van der Waals surface area contributed by atoms with E-state index in [-0.39, 0.29) is 18.9 Å². The standard InChI is InChI=1S/C23H23N3O4/c1-2-26-12-11-24-21(26)13-20(22(27)28)25-23(29)30-14-19-17-9-5-3-7-15(17)16-8-4-6-10-18(16)19/h3-12,19-20H,2,13-14H2,1H3,(H,25,29)(H,27,28). The van der Waals surface area contributed by atoms with Crippen molar-refractivity contribution in [2.75, 3.05) is 6.61 Å². The van der Waals surface area contributed by atoms with Gasteiger partial charge in [-0.3, -0.25) is 0 Å². The molecule has 1 unspecified atom stereocenters. The molecule has 1 atom stereocenters. The van der Waals surface area contributed by atoms with E-state index in [4.69, 9.17) is 4.74 Å². The molecule has 2 N–H and O–H groups in total. The molecule has 4 rings (SSSR count). The van der Waals surface area contributed by atoms with Crippen molar-refractivity contribution in [1.82, 2.24) is 14.9 Å². The van der Waals surface area contributed by atoms with E-state index in [1.54, 1.807) is 12.4 Å². The summed E-state index contributed by atoms with van der Waals surface area (Å²) in [5.41, 5.74) is 4.48. The Morgan fingerprint density at radius 3 is 2.37 bits per heavy atom. The molecule has 1 aliphatic carbocycles. The van der Waals surface area contributed by atoms with E-state index in [2.05, 4.69) is 22.4 Å². The molecule has 0 saturated heterocycles. The Hall–Kier alpha value is -3.61. The van der Waals surface area contributed by atoms with Crippen LogP contribution in [0.1, 0.15) is 29.8 Å². The lowest BCUT2D eigenvalue weighted by atomic mass is 9.98. The summed E-state index contributed by atoms with van der Waals surface area (Å²) < 4.78 is 7.30. The molecule has 0 aliphatic heterocycles. The average Bonchev–Trinajstić information content (AvgIpc) is 3.33. The first kappa shape index (κ1) is 19.7. The van der Waals surface area contributed by atoms with E-state index in [9.17, 15) is 14.7 Å². The van der Waals surface area contributed by atoms with Gasteiger partial charge in [-0.25, -0.2) is 14.6 Å². The summed E-state index contributed by atoms with van der Waals surface area (Å²) in [6, 6.07) is 15.0. The molecule has 154 valence electrons. The summed E-state index contributed by atoms with van der Waals surface area (Å²) in [5, 5.41) is 12.0. The summed E-state index contributed by atoms with van der Waals surface area (Å²) in [4.78, 5) is 28.2. The molecule has 3 aromatic rings.